The van der Waals surface area contributed by atoms with Crippen LogP contribution in [-0.2, 0) is 21.8 Å². The maximum atomic E-state index is 13.0. The van der Waals surface area contributed by atoms with Gasteiger partial charge in [-0.2, -0.15) is 26.3 Å². The number of nitrogens with zero attached hydrogens (tertiary/aromatic N) is 6. The van der Waals surface area contributed by atoms with E-state index in [0.717, 1.165) is 121 Å². The van der Waals surface area contributed by atoms with Crippen molar-refractivity contribution < 1.29 is 60.0 Å². The van der Waals surface area contributed by atoms with Crippen LogP contribution in [0.3, 0.4) is 0 Å². The second-order valence-corrected chi connectivity index (χ2v) is 31.2. The molecule has 0 atom stereocenters. The lowest BCUT2D eigenvalue weighted by atomic mass is 9.76. The van der Waals surface area contributed by atoms with Crippen LogP contribution < -0.4 is 34.8 Å². The molecule has 8 fully saturated rings. The van der Waals surface area contributed by atoms with Gasteiger partial charge in [-0.05, 0) is 211 Å². The number of aliphatic hydroxyl groups is 1. The highest BCUT2D eigenvalue weighted by molar-refractivity contribution is 9.10. The van der Waals surface area contributed by atoms with Gasteiger partial charge in [-0.3, -0.25) is 4.90 Å². The van der Waals surface area contributed by atoms with Crippen LogP contribution in [0, 0.1) is 0 Å². The summed E-state index contributed by atoms with van der Waals surface area (Å²) in [4.78, 5) is 37.6. The van der Waals surface area contributed by atoms with Gasteiger partial charge in [0.05, 0.1) is 17.7 Å². The van der Waals surface area contributed by atoms with E-state index in [1.54, 1.807) is 6.07 Å². The van der Waals surface area contributed by atoms with E-state index in [9.17, 15) is 35.9 Å². The SMILES string of the molecule is Brc1ccccc1.CC(C)(C)OC(=O)N1CCC2(CC1)CCN2c1ccccc1.CC(C)(C)OC(=O)N1CCC2(CCN2)CC1.CO.Cl.FC(F)(F)c1ccccc1OCCBr.FC(F)(F)c1ccccc1OCCN1CCC2(CC1)CCN2c1ccccc1.c1ccc(N2CCC23CCNCC3)cc1. The summed E-state index contributed by atoms with van der Waals surface area (Å²) >= 11 is 6.39. The first kappa shape index (κ1) is 85.8. The molecule has 6 aromatic rings. The third-order valence-electron chi connectivity index (χ3n) is 20.6. The van der Waals surface area contributed by atoms with E-state index in [-0.39, 0.29) is 66.0 Å². The van der Waals surface area contributed by atoms with Crippen molar-refractivity contribution >= 4 is 73.5 Å². The van der Waals surface area contributed by atoms with Crippen molar-refractivity contribution in [2.75, 3.05) is 125 Å². The van der Waals surface area contributed by atoms with Crippen molar-refractivity contribution in [3.63, 3.8) is 0 Å². The van der Waals surface area contributed by atoms with Gasteiger partial charge in [0.1, 0.15) is 29.3 Å². The Morgan fingerprint density at radius 1 is 0.438 bits per heavy atom. The molecule has 0 aliphatic carbocycles. The second-order valence-electron chi connectivity index (χ2n) is 29.5. The number of nitrogens with one attached hydrogen (secondary N) is 2. The lowest BCUT2D eigenvalue weighted by Crippen LogP contribution is -2.65. The van der Waals surface area contributed by atoms with Crippen molar-refractivity contribution in [3.05, 3.63) is 185 Å². The van der Waals surface area contributed by atoms with Gasteiger partial charge in [0, 0.05) is 122 Å². The number of halogens is 9. The Hall–Kier alpha value is -6.47. The fraction of sp³-hybridized carbons (Fsp3) is 0.531. The van der Waals surface area contributed by atoms with Crippen LogP contribution in [0.1, 0.15) is 130 Å². The monoisotopic (exact) mass is 1610 g/mol. The van der Waals surface area contributed by atoms with E-state index in [2.05, 4.69) is 147 Å². The van der Waals surface area contributed by atoms with Crippen LogP contribution in [0.2, 0.25) is 0 Å². The van der Waals surface area contributed by atoms with E-state index >= 15 is 0 Å². The highest BCUT2D eigenvalue weighted by Crippen LogP contribution is 2.46. The van der Waals surface area contributed by atoms with Gasteiger partial charge in [0.25, 0.3) is 0 Å². The number of carbonyl (C=O) groups is 2. The van der Waals surface area contributed by atoms with Crippen molar-refractivity contribution in [1.82, 2.24) is 25.3 Å². The number of alkyl halides is 7. The van der Waals surface area contributed by atoms with Crippen molar-refractivity contribution in [2.24, 2.45) is 0 Å². The summed E-state index contributed by atoms with van der Waals surface area (Å²) in [6, 6.07) is 52.5. The van der Waals surface area contributed by atoms with Crippen LogP contribution in [0.25, 0.3) is 0 Å². The van der Waals surface area contributed by atoms with Crippen LogP contribution in [-0.4, -0.2) is 176 Å². The number of carbonyl (C=O) groups excluding carboxylic acids is 2. The topological polar surface area (TPSA) is 135 Å². The Labute approximate surface area is 641 Å². The van der Waals surface area contributed by atoms with Gasteiger partial charge in [-0.1, -0.05) is 129 Å². The van der Waals surface area contributed by atoms with E-state index in [4.69, 9.17) is 24.1 Å². The number of amides is 2. The molecule has 0 saturated carbocycles. The average Bonchev–Trinajstić information content (AvgIpc) is 1.66. The van der Waals surface area contributed by atoms with E-state index in [1.165, 1.54) is 106 Å². The molecule has 14 rings (SSSR count). The lowest BCUT2D eigenvalue weighted by molar-refractivity contribution is -0.139. The highest BCUT2D eigenvalue weighted by Gasteiger charge is 2.49. The van der Waals surface area contributed by atoms with Gasteiger partial charge in [0.2, 0.25) is 0 Å². The summed E-state index contributed by atoms with van der Waals surface area (Å²) in [5, 5.41) is 14.4. The third-order valence-corrected chi connectivity index (χ3v) is 21.4. The first-order valence-corrected chi connectivity index (χ1v) is 38.5. The molecule has 6 aromatic carbocycles. The molecule has 15 nitrogen and oxygen atoms in total. The number of hydrogen-bond acceptors (Lipinski definition) is 13. The number of aliphatic hydroxyl groups excluding tert-OH is 1. The number of anilines is 3. The normalized spacial score (nSPS) is 18.8. The number of benzene rings is 6. The molecule has 0 bridgehead atoms. The summed E-state index contributed by atoms with van der Waals surface area (Å²) in [7, 11) is 1.00. The number of hydrogen-bond donors (Lipinski definition) is 3. The summed E-state index contributed by atoms with van der Waals surface area (Å²) < 4.78 is 98.7. The Bertz CT molecular complexity index is 3510. The Morgan fingerprint density at radius 3 is 1.08 bits per heavy atom. The molecule has 2 amide bonds. The zero-order valence-corrected chi connectivity index (χ0v) is 66.0. The minimum Gasteiger partial charge on any atom is -0.492 e. The van der Waals surface area contributed by atoms with Gasteiger partial charge in [-0.15, -0.1) is 12.4 Å². The zero-order chi connectivity index (χ0) is 75.1. The van der Waals surface area contributed by atoms with Gasteiger partial charge >= 0.3 is 24.5 Å². The fourth-order valence-corrected chi connectivity index (χ4v) is 15.0. The Balaban J connectivity index is 0.000000181. The van der Waals surface area contributed by atoms with Crippen LogP contribution in [0.15, 0.2) is 174 Å². The number of piperidine rings is 4. The minimum absolute atomic E-state index is 0. The predicted molar refractivity (Wildman–Crippen MR) is 418 cm³/mol. The van der Waals surface area contributed by atoms with E-state index < -0.39 is 29.1 Å². The fourth-order valence-electron chi connectivity index (χ4n) is 14.6. The van der Waals surface area contributed by atoms with Crippen LogP contribution in [0.5, 0.6) is 11.5 Å². The Morgan fingerprint density at radius 2 is 0.762 bits per heavy atom. The van der Waals surface area contributed by atoms with E-state index in [0.29, 0.717) is 23.0 Å². The predicted octanol–water partition coefficient (Wildman–Crippen LogP) is 18.2. The summed E-state index contributed by atoms with van der Waals surface area (Å²) in [5.41, 5.74) is 3.09. The van der Waals surface area contributed by atoms with Crippen LogP contribution >= 0.6 is 44.3 Å². The molecule has 0 radical (unpaired) electrons. The second kappa shape index (κ2) is 39.6. The molecule has 8 aliphatic rings. The van der Waals surface area contributed by atoms with Gasteiger partial charge in [-0.25, -0.2) is 9.59 Å². The summed E-state index contributed by atoms with van der Waals surface area (Å²) in [5.74, 6) is -0.211. The molecule has 578 valence electrons. The van der Waals surface area contributed by atoms with Crippen LogP contribution in [0.4, 0.5) is 53.0 Å². The summed E-state index contributed by atoms with van der Waals surface area (Å²) in [6.07, 6.45) is 4.96. The molecule has 0 unspecified atom stereocenters. The summed E-state index contributed by atoms with van der Waals surface area (Å²) in [6.45, 7) is 24.7. The first-order chi connectivity index (χ1) is 49.6. The van der Waals surface area contributed by atoms with Gasteiger partial charge in [0.15, 0.2) is 0 Å². The highest BCUT2D eigenvalue weighted by atomic mass is 79.9. The average molecular weight is 1620 g/mol. The molecule has 8 aliphatic heterocycles. The maximum Gasteiger partial charge on any atom is 0.419 e. The van der Waals surface area contributed by atoms with Crippen molar-refractivity contribution in [3.8, 4) is 11.5 Å². The van der Waals surface area contributed by atoms with Crippen molar-refractivity contribution in [2.45, 2.75) is 164 Å². The number of para-hydroxylation sites is 5. The molecule has 105 heavy (non-hydrogen) atoms. The lowest BCUT2D eigenvalue weighted by Gasteiger charge is -2.58. The maximum absolute atomic E-state index is 13.0. The van der Waals surface area contributed by atoms with Gasteiger partial charge < -0.3 is 59.2 Å². The molecule has 0 aromatic heterocycles. The number of rotatable bonds is 10. The number of likely N-dealkylation sites (tertiary alicyclic amines) is 3. The first-order valence-electron chi connectivity index (χ1n) is 36.5. The molecular formula is C81H109Br2ClF6N8O7. The number of ether oxygens (including phenoxy) is 4. The Kier molecular flexibility index (Phi) is 32.3. The third kappa shape index (κ3) is 24.8. The molecule has 24 heteroatoms. The van der Waals surface area contributed by atoms with E-state index in [1.807, 2.05) is 87.7 Å². The minimum atomic E-state index is -4.39. The molecular weight excluding hydrogens is 1510 g/mol. The quantitative estimate of drug-likeness (QED) is 0.0888. The smallest absolute Gasteiger partial charge is 0.419 e. The van der Waals surface area contributed by atoms with Crippen molar-refractivity contribution in [1.29, 1.82) is 0 Å². The zero-order valence-electron chi connectivity index (χ0n) is 62.0. The molecule has 3 N–H and O–H groups in total. The molecule has 4 spiro atoms. The largest absolute Gasteiger partial charge is 0.492 e. The molecule has 8 saturated heterocycles. The molecule has 8 heterocycles. The standard InChI is InChI=1S/C22H25F3N2O.C18H26N2O2.C13H18N2.C12H22N2O2.C9H8BrF3O.C6H5Br.CH4O.ClH/c23-22(24,25)19-8-4-5-9-20(19)28-17-16-26-13-10-21(11-14-26)12-15-27(21)18-6-2-1-3-7-18;1-17(2,3)22-16(21)19-12-9-18(10-13-19)11-14-20(18)15-7-5-4-6-8-15;1-2-4-12(5-3-1)15-11-8-13(15)6-9-14-10-7-13;1-11(2,3)16-10(15)14-8-5-12(6-9-14)4-7-13-12;10-5-6-14-8-4-2-1-3-7(8)9(11,12)13;7-6-4-2-1-3-5-6;1-2;/h1-9H,10-17H2;4-8H,9-14H2,1-3H3;1-5,14H,6-11H2;13H,4-9H2,1-3H3;1-4H,5-6H2;1-5H;2H,1H3;1H.